The molecule has 0 atom stereocenters. The van der Waals surface area contributed by atoms with Gasteiger partial charge >= 0.3 is 0 Å². The number of aromatic amines is 1. The highest BCUT2D eigenvalue weighted by molar-refractivity contribution is 5.77. The molecule has 1 N–H and O–H groups in total. The summed E-state index contributed by atoms with van der Waals surface area (Å²) in [6.07, 6.45) is 2.35. The summed E-state index contributed by atoms with van der Waals surface area (Å²) in [4.78, 5) is 36.7. The Balaban J connectivity index is 1.45. The van der Waals surface area contributed by atoms with Crippen molar-refractivity contribution in [2.45, 2.75) is 38.3 Å². The van der Waals surface area contributed by atoms with E-state index < -0.39 is 0 Å². The number of amides is 1. The number of carbonyl (C=O) groups excluding carboxylic acids is 1. The highest BCUT2D eigenvalue weighted by atomic mass is 16.5. The van der Waals surface area contributed by atoms with E-state index in [1.807, 2.05) is 11.0 Å². The molecule has 7 heteroatoms. The summed E-state index contributed by atoms with van der Waals surface area (Å²) in [6, 6.07) is 10.4. The van der Waals surface area contributed by atoms with Crippen molar-refractivity contribution < 1.29 is 9.53 Å². The first kappa shape index (κ1) is 19.8. The van der Waals surface area contributed by atoms with Crippen LogP contribution in [-0.4, -0.2) is 59.0 Å². The zero-order valence-corrected chi connectivity index (χ0v) is 16.9. The number of fused-ring (bicyclic) bond motifs is 1. The van der Waals surface area contributed by atoms with E-state index in [1.165, 1.54) is 12.7 Å². The molecule has 2 aliphatic rings. The van der Waals surface area contributed by atoms with E-state index in [0.717, 1.165) is 49.4 Å². The lowest BCUT2D eigenvalue weighted by atomic mass is 9.95. The maximum absolute atomic E-state index is 12.7. The monoisotopic (exact) mass is 396 g/mol. The molecule has 1 saturated heterocycles. The second kappa shape index (κ2) is 8.88. The predicted octanol–water partition coefficient (Wildman–Crippen LogP) is 1.68. The number of likely N-dealkylation sites (tertiary alicyclic amines) is 1. The first-order chi connectivity index (χ1) is 14.1. The second-order valence-electron chi connectivity index (χ2n) is 7.91. The number of carbonyl (C=O) groups is 1. The van der Waals surface area contributed by atoms with Crippen molar-refractivity contribution in [2.75, 3.05) is 33.4 Å². The van der Waals surface area contributed by atoms with Crippen molar-refractivity contribution in [3.8, 4) is 0 Å². The lowest BCUT2D eigenvalue weighted by molar-refractivity contribution is -0.136. The van der Waals surface area contributed by atoms with Gasteiger partial charge in [0.1, 0.15) is 12.4 Å². The van der Waals surface area contributed by atoms with Gasteiger partial charge in [0.25, 0.3) is 5.56 Å². The van der Waals surface area contributed by atoms with Gasteiger partial charge in [-0.3, -0.25) is 14.5 Å². The van der Waals surface area contributed by atoms with Crippen molar-refractivity contribution in [1.82, 2.24) is 19.8 Å². The van der Waals surface area contributed by atoms with Crippen LogP contribution in [0.25, 0.3) is 0 Å². The minimum atomic E-state index is 0.00208. The van der Waals surface area contributed by atoms with Crippen LogP contribution >= 0.6 is 0 Å². The van der Waals surface area contributed by atoms with Gasteiger partial charge in [-0.1, -0.05) is 30.3 Å². The van der Waals surface area contributed by atoms with E-state index in [1.54, 1.807) is 0 Å². The van der Waals surface area contributed by atoms with Gasteiger partial charge in [0, 0.05) is 51.3 Å². The molecule has 0 saturated carbocycles. The third-order valence-corrected chi connectivity index (χ3v) is 5.92. The number of hydrogen-bond acceptors (Lipinski definition) is 5. The van der Waals surface area contributed by atoms with Crippen LogP contribution in [0, 0.1) is 0 Å². The fourth-order valence-corrected chi connectivity index (χ4v) is 4.30. The van der Waals surface area contributed by atoms with Gasteiger partial charge in [0.15, 0.2) is 0 Å². The Labute approximate surface area is 170 Å². The number of hydrogen-bond donors (Lipinski definition) is 1. The number of aromatic nitrogens is 2. The highest BCUT2D eigenvalue weighted by Crippen LogP contribution is 2.26. The quantitative estimate of drug-likeness (QED) is 0.832. The summed E-state index contributed by atoms with van der Waals surface area (Å²) in [5.41, 5.74) is 3.01. The van der Waals surface area contributed by atoms with Crippen LogP contribution in [0.15, 0.2) is 35.1 Å². The molecular weight excluding hydrogens is 368 g/mol. The zero-order valence-electron chi connectivity index (χ0n) is 16.9. The van der Waals surface area contributed by atoms with E-state index in [2.05, 4.69) is 34.1 Å². The van der Waals surface area contributed by atoms with Crippen molar-refractivity contribution >= 4 is 5.91 Å². The molecule has 1 amide bonds. The molecular formula is C22H28N4O3. The maximum Gasteiger partial charge on any atom is 0.254 e. The van der Waals surface area contributed by atoms with Crippen LogP contribution in [-0.2, 0) is 29.0 Å². The number of nitrogens with zero attached hydrogens (tertiary/aromatic N) is 3. The van der Waals surface area contributed by atoms with Crippen LogP contribution in [0.3, 0.4) is 0 Å². The molecule has 0 spiro atoms. The van der Waals surface area contributed by atoms with Gasteiger partial charge in [-0.15, -0.1) is 0 Å². The Hall–Kier alpha value is -2.51. The van der Waals surface area contributed by atoms with E-state index in [9.17, 15) is 9.59 Å². The number of H-pyrrole nitrogens is 1. The molecule has 154 valence electrons. The van der Waals surface area contributed by atoms with Crippen LogP contribution in [0.4, 0.5) is 0 Å². The van der Waals surface area contributed by atoms with Gasteiger partial charge in [0.2, 0.25) is 5.91 Å². The van der Waals surface area contributed by atoms with E-state index >= 15 is 0 Å². The van der Waals surface area contributed by atoms with Crippen LogP contribution < -0.4 is 5.56 Å². The average molecular weight is 396 g/mol. The Bertz CT molecular complexity index is 904. The van der Waals surface area contributed by atoms with Crippen molar-refractivity contribution in [1.29, 1.82) is 0 Å². The Kier molecular flexibility index (Phi) is 6.06. The van der Waals surface area contributed by atoms with E-state index in [-0.39, 0.29) is 24.0 Å². The lowest BCUT2D eigenvalue weighted by Crippen LogP contribution is -2.41. The largest absolute Gasteiger partial charge is 0.375 e. The van der Waals surface area contributed by atoms with Crippen molar-refractivity contribution in [3.05, 3.63) is 63.3 Å². The summed E-state index contributed by atoms with van der Waals surface area (Å²) in [7, 11) is 1.54. The van der Waals surface area contributed by atoms with E-state index in [4.69, 9.17) is 9.72 Å². The van der Waals surface area contributed by atoms with Gasteiger partial charge < -0.3 is 14.6 Å². The standard InChI is InChI=1S/C22H28N4O3/c1-29-15-20(27)26-11-7-17(8-12-26)21-23-19-14-25(10-9-18(19)22(28)24-21)13-16-5-3-2-4-6-16/h2-6,17H,7-15H2,1H3,(H,23,24,28). The number of rotatable bonds is 5. The molecule has 7 nitrogen and oxygen atoms in total. The number of ether oxygens (including phenoxy) is 1. The topological polar surface area (TPSA) is 78.5 Å². The molecule has 2 aliphatic heterocycles. The number of piperidine rings is 1. The SMILES string of the molecule is COCC(=O)N1CCC(c2nc3c(c(=O)[nH]2)CCN(Cc2ccccc2)C3)CC1. The second-order valence-corrected chi connectivity index (χ2v) is 7.91. The third kappa shape index (κ3) is 4.57. The Morgan fingerprint density at radius 3 is 2.69 bits per heavy atom. The van der Waals surface area contributed by atoms with Crippen molar-refractivity contribution in [2.24, 2.45) is 0 Å². The molecule has 4 rings (SSSR count). The fourth-order valence-electron chi connectivity index (χ4n) is 4.30. The van der Waals surface area contributed by atoms with Crippen LogP contribution in [0.5, 0.6) is 0 Å². The van der Waals surface area contributed by atoms with Gasteiger partial charge in [-0.2, -0.15) is 0 Å². The van der Waals surface area contributed by atoms with Gasteiger partial charge in [0.05, 0.1) is 5.69 Å². The van der Waals surface area contributed by atoms with Gasteiger partial charge in [-0.05, 0) is 24.8 Å². The van der Waals surface area contributed by atoms with Gasteiger partial charge in [-0.25, -0.2) is 4.98 Å². The minimum Gasteiger partial charge on any atom is -0.375 e. The summed E-state index contributed by atoms with van der Waals surface area (Å²) in [5, 5.41) is 0. The smallest absolute Gasteiger partial charge is 0.254 e. The van der Waals surface area contributed by atoms with Crippen molar-refractivity contribution in [3.63, 3.8) is 0 Å². The molecule has 29 heavy (non-hydrogen) atoms. The summed E-state index contributed by atoms with van der Waals surface area (Å²) in [5.74, 6) is 0.979. The number of methoxy groups -OCH3 is 1. The summed E-state index contributed by atoms with van der Waals surface area (Å²) >= 11 is 0. The lowest BCUT2D eigenvalue weighted by Gasteiger charge is -2.32. The van der Waals surface area contributed by atoms with Crippen LogP contribution in [0.2, 0.25) is 0 Å². The Morgan fingerprint density at radius 2 is 1.97 bits per heavy atom. The molecule has 1 aromatic carbocycles. The molecule has 0 unspecified atom stereocenters. The molecule has 3 heterocycles. The van der Waals surface area contributed by atoms with E-state index in [0.29, 0.717) is 19.6 Å². The average Bonchev–Trinajstić information content (AvgIpc) is 2.74. The molecule has 1 fully saturated rings. The normalized spacial score (nSPS) is 17.9. The zero-order chi connectivity index (χ0) is 20.2. The predicted molar refractivity (Wildman–Crippen MR) is 110 cm³/mol. The molecule has 1 aromatic heterocycles. The molecule has 0 radical (unpaired) electrons. The first-order valence-electron chi connectivity index (χ1n) is 10.3. The molecule has 0 bridgehead atoms. The summed E-state index contributed by atoms with van der Waals surface area (Å²) < 4.78 is 4.94. The third-order valence-electron chi connectivity index (χ3n) is 5.92. The molecule has 2 aromatic rings. The number of benzene rings is 1. The maximum atomic E-state index is 12.7. The first-order valence-corrected chi connectivity index (χ1v) is 10.3. The fraction of sp³-hybridized carbons (Fsp3) is 0.500. The number of nitrogens with one attached hydrogen (secondary N) is 1. The minimum absolute atomic E-state index is 0.00208. The van der Waals surface area contributed by atoms with Crippen LogP contribution in [0.1, 0.15) is 41.4 Å². The summed E-state index contributed by atoms with van der Waals surface area (Å²) in [6.45, 7) is 3.90. The molecule has 0 aliphatic carbocycles. The highest BCUT2D eigenvalue weighted by Gasteiger charge is 2.27. The Morgan fingerprint density at radius 1 is 1.21 bits per heavy atom.